The van der Waals surface area contributed by atoms with Gasteiger partial charge in [-0.25, -0.2) is 0 Å². The van der Waals surface area contributed by atoms with Crippen LogP contribution in [0.15, 0.2) is 0 Å². The van der Waals surface area contributed by atoms with Crippen molar-refractivity contribution in [3.8, 4) is 0 Å². The smallest absolute Gasteiger partial charge is 0.0911 e. The fraction of sp³-hybridized carbons (Fsp3) is 1.00. The molecule has 1 N–H and O–H groups in total. The average Bonchev–Trinajstić information content (AvgIpc) is 1.90. The Hall–Kier alpha value is -0.0800. The van der Waals surface area contributed by atoms with Gasteiger partial charge in [0.15, 0.2) is 0 Å². The molecular formula is C7H17N2+. The minimum atomic E-state index is 1.20. The number of hydrogen-bond donors (Lipinski definition) is 1. The number of rotatable bonds is 1. The highest BCUT2D eigenvalue weighted by atomic mass is 15.4. The first-order valence-corrected chi connectivity index (χ1v) is 3.81. The molecule has 0 spiro atoms. The van der Waals surface area contributed by atoms with Crippen LogP contribution in [-0.2, 0) is 0 Å². The molecule has 54 valence electrons. The molecule has 1 fully saturated rings. The van der Waals surface area contributed by atoms with Gasteiger partial charge in [0, 0.05) is 13.1 Å². The van der Waals surface area contributed by atoms with E-state index in [-0.39, 0.29) is 0 Å². The molecule has 0 unspecified atom stereocenters. The summed E-state index contributed by atoms with van der Waals surface area (Å²) < 4.78 is 1.26. The third-order valence-electron chi connectivity index (χ3n) is 2.42. The van der Waals surface area contributed by atoms with Crippen molar-refractivity contribution < 1.29 is 4.48 Å². The average molecular weight is 129 g/mol. The van der Waals surface area contributed by atoms with Gasteiger partial charge in [-0.05, 0) is 6.92 Å². The van der Waals surface area contributed by atoms with Crippen LogP contribution >= 0.6 is 0 Å². The zero-order valence-electron chi connectivity index (χ0n) is 6.48. The van der Waals surface area contributed by atoms with Crippen LogP contribution in [0.1, 0.15) is 6.92 Å². The minimum Gasteiger partial charge on any atom is -0.324 e. The van der Waals surface area contributed by atoms with Crippen molar-refractivity contribution >= 4 is 0 Å². The van der Waals surface area contributed by atoms with Gasteiger partial charge >= 0.3 is 0 Å². The van der Waals surface area contributed by atoms with Gasteiger partial charge in [0.1, 0.15) is 0 Å². The predicted molar refractivity (Wildman–Crippen MR) is 39.3 cm³/mol. The van der Waals surface area contributed by atoms with Gasteiger partial charge in [-0.15, -0.1) is 0 Å². The number of piperazine rings is 1. The first kappa shape index (κ1) is 7.03. The lowest BCUT2D eigenvalue weighted by Crippen LogP contribution is -2.55. The summed E-state index contributed by atoms with van der Waals surface area (Å²) in [4.78, 5) is 0. The lowest BCUT2D eigenvalue weighted by atomic mass is 10.3. The van der Waals surface area contributed by atoms with E-state index in [4.69, 9.17) is 0 Å². The first-order valence-electron chi connectivity index (χ1n) is 3.81. The molecule has 0 aromatic carbocycles. The van der Waals surface area contributed by atoms with Crippen LogP contribution in [-0.4, -0.2) is 44.3 Å². The van der Waals surface area contributed by atoms with E-state index in [2.05, 4.69) is 19.3 Å². The summed E-state index contributed by atoms with van der Waals surface area (Å²) >= 11 is 0. The van der Waals surface area contributed by atoms with E-state index >= 15 is 0 Å². The molecule has 0 radical (unpaired) electrons. The number of hydrogen-bond acceptors (Lipinski definition) is 1. The second-order valence-electron chi connectivity index (χ2n) is 3.13. The van der Waals surface area contributed by atoms with Gasteiger partial charge in [-0.2, -0.15) is 0 Å². The minimum absolute atomic E-state index is 1.20. The highest BCUT2D eigenvalue weighted by molar-refractivity contribution is 4.53. The Bertz CT molecular complexity index is 84.9. The SMILES string of the molecule is CC[N+]1(C)CCNCC1. The zero-order chi connectivity index (χ0) is 6.74. The summed E-state index contributed by atoms with van der Waals surface area (Å²) in [6, 6.07) is 0. The molecule has 9 heavy (non-hydrogen) atoms. The Kier molecular flexibility index (Phi) is 2.09. The Morgan fingerprint density at radius 2 is 1.89 bits per heavy atom. The summed E-state index contributed by atoms with van der Waals surface area (Å²) in [5.74, 6) is 0. The molecular weight excluding hydrogens is 112 g/mol. The molecule has 0 aliphatic carbocycles. The van der Waals surface area contributed by atoms with E-state index < -0.39 is 0 Å². The van der Waals surface area contributed by atoms with Crippen LogP contribution in [0.2, 0.25) is 0 Å². The summed E-state index contributed by atoms with van der Waals surface area (Å²) in [7, 11) is 2.33. The third-order valence-corrected chi connectivity index (χ3v) is 2.42. The van der Waals surface area contributed by atoms with Crippen LogP contribution < -0.4 is 5.32 Å². The van der Waals surface area contributed by atoms with Crippen LogP contribution in [0.5, 0.6) is 0 Å². The number of nitrogens with zero attached hydrogens (tertiary/aromatic N) is 1. The van der Waals surface area contributed by atoms with E-state index in [1.807, 2.05) is 0 Å². The van der Waals surface area contributed by atoms with Crippen molar-refractivity contribution in [2.24, 2.45) is 0 Å². The van der Waals surface area contributed by atoms with Crippen molar-refractivity contribution in [3.63, 3.8) is 0 Å². The standard InChI is InChI=1S/C7H17N2/c1-3-9(2)6-4-8-5-7-9/h8H,3-7H2,1-2H3/q+1. The third kappa shape index (κ3) is 1.66. The Morgan fingerprint density at radius 1 is 1.33 bits per heavy atom. The largest absolute Gasteiger partial charge is 0.324 e. The topological polar surface area (TPSA) is 12.0 Å². The molecule has 1 aliphatic heterocycles. The van der Waals surface area contributed by atoms with Gasteiger partial charge in [0.05, 0.1) is 26.7 Å². The highest BCUT2D eigenvalue weighted by Gasteiger charge is 2.20. The molecule has 0 bridgehead atoms. The fourth-order valence-electron chi connectivity index (χ4n) is 1.25. The second kappa shape index (κ2) is 2.67. The maximum Gasteiger partial charge on any atom is 0.0911 e. The van der Waals surface area contributed by atoms with Gasteiger partial charge in [-0.3, -0.25) is 0 Å². The van der Waals surface area contributed by atoms with Crippen molar-refractivity contribution in [1.29, 1.82) is 0 Å². The fourth-order valence-corrected chi connectivity index (χ4v) is 1.25. The van der Waals surface area contributed by atoms with E-state index in [0.717, 1.165) is 0 Å². The molecule has 0 saturated carbocycles. The summed E-state index contributed by atoms with van der Waals surface area (Å²) in [5.41, 5.74) is 0. The molecule has 1 aliphatic rings. The van der Waals surface area contributed by atoms with Gasteiger partial charge in [-0.1, -0.05) is 0 Å². The molecule has 2 nitrogen and oxygen atoms in total. The molecule has 0 aromatic heterocycles. The normalized spacial score (nSPS) is 26.0. The van der Waals surface area contributed by atoms with Crippen molar-refractivity contribution in [1.82, 2.24) is 5.32 Å². The number of nitrogens with one attached hydrogen (secondary N) is 1. The lowest BCUT2D eigenvalue weighted by molar-refractivity contribution is -0.909. The maximum absolute atomic E-state index is 3.36. The van der Waals surface area contributed by atoms with Gasteiger partial charge < -0.3 is 9.80 Å². The molecule has 1 rings (SSSR count). The molecule has 1 saturated heterocycles. The number of quaternary nitrogens is 1. The summed E-state index contributed by atoms with van der Waals surface area (Å²) in [5, 5.41) is 3.36. The quantitative estimate of drug-likeness (QED) is 0.494. The molecule has 1 heterocycles. The monoisotopic (exact) mass is 129 g/mol. The van der Waals surface area contributed by atoms with Gasteiger partial charge in [0.2, 0.25) is 0 Å². The van der Waals surface area contributed by atoms with Crippen LogP contribution in [0.3, 0.4) is 0 Å². The molecule has 0 aromatic rings. The molecule has 0 amide bonds. The Morgan fingerprint density at radius 3 is 2.22 bits per heavy atom. The second-order valence-corrected chi connectivity index (χ2v) is 3.13. The number of likely N-dealkylation sites (N-methyl/N-ethyl adjacent to an activating group) is 1. The van der Waals surface area contributed by atoms with E-state index in [1.165, 1.54) is 37.2 Å². The molecule has 2 heteroatoms. The zero-order valence-corrected chi connectivity index (χ0v) is 6.48. The predicted octanol–water partition coefficient (Wildman–Crippen LogP) is 0.0561. The van der Waals surface area contributed by atoms with E-state index in [9.17, 15) is 0 Å². The van der Waals surface area contributed by atoms with Crippen molar-refractivity contribution in [3.05, 3.63) is 0 Å². The summed E-state index contributed by atoms with van der Waals surface area (Å²) in [6.07, 6.45) is 0. The lowest BCUT2D eigenvalue weighted by Gasteiger charge is -2.36. The Balaban J connectivity index is 2.37. The van der Waals surface area contributed by atoms with Crippen molar-refractivity contribution in [2.75, 3.05) is 39.8 Å². The van der Waals surface area contributed by atoms with Crippen LogP contribution in [0.4, 0.5) is 0 Å². The van der Waals surface area contributed by atoms with Crippen molar-refractivity contribution in [2.45, 2.75) is 6.92 Å². The van der Waals surface area contributed by atoms with E-state index in [1.54, 1.807) is 0 Å². The summed E-state index contributed by atoms with van der Waals surface area (Å²) in [6.45, 7) is 8.55. The molecule has 0 atom stereocenters. The van der Waals surface area contributed by atoms with Gasteiger partial charge in [0.25, 0.3) is 0 Å². The Labute approximate surface area is 57.4 Å². The van der Waals surface area contributed by atoms with Crippen LogP contribution in [0.25, 0.3) is 0 Å². The highest BCUT2D eigenvalue weighted by Crippen LogP contribution is 2.01. The van der Waals surface area contributed by atoms with E-state index in [0.29, 0.717) is 0 Å². The first-order chi connectivity index (χ1) is 4.27. The van der Waals surface area contributed by atoms with Crippen LogP contribution in [0, 0.1) is 0 Å². The maximum atomic E-state index is 3.36.